The van der Waals surface area contributed by atoms with Crippen molar-refractivity contribution in [3.05, 3.63) is 76.8 Å². The van der Waals surface area contributed by atoms with Gasteiger partial charge in [0.25, 0.3) is 0 Å². The van der Waals surface area contributed by atoms with E-state index in [4.69, 9.17) is 11.6 Å². The van der Waals surface area contributed by atoms with Gasteiger partial charge in [-0.05, 0) is 48.4 Å². The lowest BCUT2D eigenvalue weighted by atomic mass is 9.99. The molecule has 0 unspecified atom stereocenters. The van der Waals surface area contributed by atoms with Crippen molar-refractivity contribution >= 4 is 28.3 Å². The number of hydrogen-bond donors (Lipinski definition) is 0. The first-order valence-electron chi connectivity index (χ1n) is 9.34. The van der Waals surface area contributed by atoms with Gasteiger partial charge in [-0.1, -0.05) is 11.6 Å². The lowest BCUT2D eigenvalue weighted by molar-refractivity contribution is 0.583. The number of halogens is 2. The molecule has 0 atom stereocenters. The number of anilines is 1. The molecule has 0 saturated carbocycles. The van der Waals surface area contributed by atoms with Crippen molar-refractivity contribution < 1.29 is 4.39 Å². The fourth-order valence-corrected chi connectivity index (χ4v) is 4.02. The molecule has 4 aromatic rings. The van der Waals surface area contributed by atoms with Crippen molar-refractivity contribution in [2.24, 2.45) is 0 Å². The first kappa shape index (κ1) is 17.9. The molecule has 1 aliphatic rings. The molecule has 0 N–H and O–H groups in total. The molecular weight excluding hydrogens is 389 g/mol. The molecule has 1 aliphatic heterocycles. The van der Waals surface area contributed by atoms with Crippen LogP contribution in [0.1, 0.15) is 16.8 Å². The summed E-state index contributed by atoms with van der Waals surface area (Å²) in [5, 5.41) is 1.60. The number of pyridine rings is 2. The van der Waals surface area contributed by atoms with Crippen LogP contribution >= 0.6 is 11.6 Å². The zero-order chi connectivity index (χ0) is 20.0. The van der Waals surface area contributed by atoms with E-state index >= 15 is 0 Å². The highest BCUT2D eigenvalue weighted by atomic mass is 35.5. The maximum atomic E-state index is 13.4. The van der Waals surface area contributed by atoms with E-state index in [-0.39, 0.29) is 0 Å². The van der Waals surface area contributed by atoms with Gasteiger partial charge in [-0.2, -0.15) is 4.39 Å². The van der Waals surface area contributed by atoms with Crippen LogP contribution in [-0.2, 0) is 13.0 Å². The summed E-state index contributed by atoms with van der Waals surface area (Å²) in [5.74, 6) is 0.394. The molecule has 5 rings (SSSR count). The van der Waals surface area contributed by atoms with Crippen LogP contribution in [0.25, 0.3) is 22.0 Å². The van der Waals surface area contributed by atoms with Gasteiger partial charge in [-0.3, -0.25) is 4.98 Å². The number of benzene rings is 1. The Labute approximate surface area is 172 Å². The topological polar surface area (TPSA) is 54.8 Å². The highest BCUT2D eigenvalue weighted by Crippen LogP contribution is 2.31. The maximum absolute atomic E-state index is 13.4. The normalized spacial score (nSPS) is 13.6. The Morgan fingerprint density at radius 3 is 2.79 bits per heavy atom. The summed E-state index contributed by atoms with van der Waals surface area (Å²) in [7, 11) is 0. The number of hydrogen-bond acceptors (Lipinski definition) is 5. The van der Waals surface area contributed by atoms with Gasteiger partial charge < -0.3 is 4.90 Å². The van der Waals surface area contributed by atoms with E-state index < -0.39 is 5.95 Å². The van der Waals surface area contributed by atoms with Gasteiger partial charge >= 0.3 is 0 Å². The van der Waals surface area contributed by atoms with Gasteiger partial charge in [0.05, 0.1) is 5.52 Å². The van der Waals surface area contributed by atoms with Crippen molar-refractivity contribution in [2.45, 2.75) is 19.9 Å². The molecular formula is C22H17ClFN5. The van der Waals surface area contributed by atoms with Crippen molar-refractivity contribution in [3.63, 3.8) is 0 Å². The minimum atomic E-state index is -0.474. The Morgan fingerprint density at radius 1 is 1.03 bits per heavy atom. The zero-order valence-corrected chi connectivity index (χ0v) is 16.5. The third-order valence-corrected chi connectivity index (χ3v) is 5.54. The standard InChI is InChI=1S/C22H17ClFN5/c1-13-6-21(24)26-10-18(13)14-7-15-11-29(5-4-19(15)25-9-14)22-17-8-16(23)2-3-20(17)27-12-28-22/h2-3,6-10,12H,4-5,11H2,1H3. The van der Waals surface area contributed by atoms with E-state index in [1.807, 2.05) is 31.3 Å². The first-order chi connectivity index (χ1) is 14.1. The van der Waals surface area contributed by atoms with E-state index in [0.717, 1.165) is 57.6 Å². The van der Waals surface area contributed by atoms with Gasteiger partial charge in [0.1, 0.15) is 12.1 Å². The molecule has 0 aliphatic carbocycles. The summed E-state index contributed by atoms with van der Waals surface area (Å²) in [4.78, 5) is 19.6. The van der Waals surface area contributed by atoms with Crippen LogP contribution in [0, 0.1) is 12.9 Å². The molecule has 3 aromatic heterocycles. The zero-order valence-electron chi connectivity index (χ0n) is 15.7. The number of aromatic nitrogens is 4. The second kappa shape index (κ2) is 7.04. The molecule has 0 radical (unpaired) electrons. The van der Waals surface area contributed by atoms with Gasteiger partial charge in [0.2, 0.25) is 5.95 Å². The summed E-state index contributed by atoms with van der Waals surface area (Å²) >= 11 is 6.21. The van der Waals surface area contributed by atoms with Crippen LogP contribution in [0.2, 0.25) is 5.02 Å². The number of rotatable bonds is 2. The summed E-state index contributed by atoms with van der Waals surface area (Å²) < 4.78 is 13.4. The van der Waals surface area contributed by atoms with Gasteiger partial charge in [0, 0.05) is 59.1 Å². The van der Waals surface area contributed by atoms with Crippen molar-refractivity contribution in [1.82, 2.24) is 19.9 Å². The summed E-state index contributed by atoms with van der Waals surface area (Å²) in [5.41, 5.74) is 5.73. The molecule has 1 aromatic carbocycles. The largest absolute Gasteiger partial charge is 0.351 e. The Hall–Kier alpha value is -3.12. The quantitative estimate of drug-likeness (QED) is 0.450. The number of aryl methyl sites for hydroxylation is 1. The molecule has 29 heavy (non-hydrogen) atoms. The third-order valence-electron chi connectivity index (χ3n) is 5.30. The molecule has 0 fully saturated rings. The lowest BCUT2D eigenvalue weighted by Crippen LogP contribution is -2.31. The van der Waals surface area contributed by atoms with Crippen LogP contribution in [0.3, 0.4) is 0 Å². The third kappa shape index (κ3) is 3.29. The molecule has 0 spiro atoms. The molecule has 0 bridgehead atoms. The molecule has 0 saturated heterocycles. The summed E-state index contributed by atoms with van der Waals surface area (Å²) in [6.07, 6.45) is 5.82. The first-order valence-corrected chi connectivity index (χ1v) is 9.72. The van der Waals surface area contributed by atoms with Crippen LogP contribution in [0.15, 0.2) is 49.1 Å². The average molecular weight is 406 g/mol. The van der Waals surface area contributed by atoms with Crippen LogP contribution < -0.4 is 4.90 Å². The lowest BCUT2D eigenvalue weighted by Gasteiger charge is -2.30. The highest BCUT2D eigenvalue weighted by molar-refractivity contribution is 6.31. The van der Waals surface area contributed by atoms with Crippen LogP contribution in [-0.4, -0.2) is 26.5 Å². The van der Waals surface area contributed by atoms with Crippen LogP contribution in [0.4, 0.5) is 10.2 Å². The Balaban J connectivity index is 1.53. The molecule has 0 amide bonds. The average Bonchev–Trinajstić information content (AvgIpc) is 2.72. The smallest absolute Gasteiger partial charge is 0.213 e. The number of nitrogens with zero attached hydrogens (tertiary/aromatic N) is 5. The second-order valence-electron chi connectivity index (χ2n) is 7.18. The van der Waals surface area contributed by atoms with E-state index in [1.54, 1.807) is 12.5 Å². The van der Waals surface area contributed by atoms with E-state index in [9.17, 15) is 4.39 Å². The van der Waals surface area contributed by atoms with Crippen molar-refractivity contribution in [1.29, 1.82) is 0 Å². The van der Waals surface area contributed by atoms with E-state index in [2.05, 4.69) is 30.9 Å². The Bertz CT molecular complexity index is 1240. The van der Waals surface area contributed by atoms with Crippen molar-refractivity contribution in [3.8, 4) is 11.1 Å². The van der Waals surface area contributed by atoms with Gasteiger partial charge in [-0.25, -0.2) is 15.0 Å². The maximum Gasteiger partial charge on any atom is 0.213 e. The van der Waals surface area contributed by atoms with E-state index in [0.29, 0.717) is 11.6 Å². The predicted molar refractivity (Wildman–Crippen MR) is 111 cm³/mol. The van der Waals surface area contributed by atoms with E-state index in [1.165, 1.54) is 6.07 Å². The van der Waals surface area contributed by atoms with Gasteiger partial charge in [0.15, 0.2) is 0 Å². The molecule has 144 valence electrons. The Kier molecular flexibility index (Phi) is 4.36. The highest BCUT2D eigenvalue weighted by Gasteiger charge is 2.21. The molecule has 4 heterocycles. The molecule has 5 nitrogen and oxygen atoms in total. The predicted octanol–water partition coefficient (Wildman–Crippen LogP) is 4.75. The molecule has 7 heteroatoms. The minimum absolute atomic E-state index is 0.474. The summed E-state index contributed by atoms with van der Waals surface area (Å²) in [6, 6.07) is 9.21. The minimum Gasteiger partial charge on any atom is -0.351 e. The fraction of sp³-hybridized carbons (Fsp3) is 0.182. The second-order valence-corrected chi connectivity index (χ2v) is 7.62. The monoisotopic (exact) mass is 405 g/mol. The van der Waals surface area contributed by atoms with Crippen molar-refractivity contribution in [2.75, 3.05) is 11.4 Å². The fourth-order valence-electron chi connectivity index (χ4n) is 3.85. The summed E-state index contributed by atoms with van der Waals surface area (Å²) in [6.45, 7) is 3.38. The van der Waals surface area contributed by atoms with Crippen LogP contribution in [0.5, 0.6) is 0 Å². The number of fused-ring (bicyclic) bond motifs is 2. The van der Waals surface area contributed by atoms with Gasteiger partial charge in [-0.15, -0.1) is 0 Å². The Morgan fingerprint density at radius 2 is 1.93 bits per heavy atom. The SMILES string of the molecule is Cc1cc(F)ncc1-c1cnc2c(c1)CN(c1ncnc3ccc(Cl)cc13)CC2.